The number of carbonyl (C=O) groups excluding carboxylic acids is 1. The van der Waals surface area contributed by atoms with Crippen LogP contribution in [0, 0.1) is 0 Å². The Hall–Kier alpha value is -3.09. The predicted molar refractivity (Wildman–Crippen MR) is 135 cm³/mol. The number of nitrogens with zero attached hydrogens (tertiary/aromatic N) is 2. The van der Waals surface area contributed by atoms with Crippen molar-refractivity contribution < 1.29 is 14.3 Å². The lowest BCUT2D eigenvalue weighted by Gasteiger charge is -2.31. The number of fused-ring (bicyclic) bond motifs is 1. The smallest absolute Gasteiger partial charge is 0.272 e. The minimum absolute atomic E-state index is 0.196. The average molecular weight is 481 g/mol. The van der Waals surface area contributed by atoms with Crippen molar-refractivity contribution in [2.45, 2.75) is 32.9 Å². The van der Waals surface area contributed by atoms with Crippen LogP contribution < -0.4 is 14.4 Å². The van der Waals surface area contributed by atoms with E-state index in [2.05, 4.69) is 0 Å². The molecule has 170 valence electrons. The summed E-state index contributed by atoms with van der Waals surface area (Å²) in [5.41, 5.74) is 0.613. The predicted octanol–water partition coefficient (Wildman–Crippen LogP) is 6.74. The topological polar surface area (TPSA) is 51.7 Å². The number of carbonyl (C=O) groups is 1. The van der Waals surface area contributed by atoms with Gasteiger partial charge in [0.25, 0.3) is 5.91 Å². The summed E-state index contributed by atoms with van der Waals surface area (Å²) in [5.74, 6) is 1.08. The number of thiazole rings is 1. The molecule has 0 bridgehead atoms. The van der Waals surface area contributed by atoms with E-state index in [1.807, 2.05) is 55.5 Å². The number of aromatic nitrogens is 1. The number of anilines is 1. The van der Waals surface area contributed by atoms with Gasteiger partial charge in [0.2, 0.25) is 0 Å². The zero-order valence-electron chi connectivity index (χ0n) is 18.7. The molecule has 0 saturated heterocycles. The highest BCUT2D eigenvalue weighted by atomic mass is 35.5. The molecule has 5 nitrogen and oxygen atoms in total. The normalized spacial score (nSPS) is 11.4. The van der Waals surface area contributed by atoms with E-state index < -0.39 is 5.60 Å². The summed E-state index contributed by atoms with van der Waals surface area (Å²) in [6, 6.07) is 22.7. The molecule has 0 N–H and O–H groups in total. The largest absolute Gasteiger partial charge is 0.492 e. The monoisotopic (exact) mass is 480 g/mol. The molecule has 0 atom stereocenters. The van der Waals surface area contributed by atoms with Gasteiger partial charge < -0.3 is 9.47 Å². The molecule has 0 aliphatic rings. The highest BCUT2D eigenvalue weighted by Crippen LogP contribution is 2.36. The van der Waals surface area contributed by atoms with Gasteiger partial charge in [-0.25, -0.2) is 4.98 Å². The van der Waals surface area contributed by atoms with Crippen LogP contribution in [-0.4, -0.2) is 23.1 Å². The summed E-state index contributed by atoms with van der Waals surface area (Å²) in [6.07, 6.45) is 0. The molecule has 0 spiro atoms. The number of para-hydroxylation sites is 1. The summed E-state index contributed by atoms with van der Waals surface area (Å²) < 4.78 is 12.8. The molecule has 1 heterocycles. The summed E-state index contributed by atoms with van der Waals surface area (Å²) >= 11 is 7.45. The Bertz CT molecular complexity index is 1240. The number of benzene rings is 3. The Kier molecular flexibility index (Phi) is 6.86. The van der Waals surface area contributed by atoms with Crippen LogP contribution in [0.15, 0.2) is 72.8 Å². The van der Waals surface area contributed by atoms with Gasteiger partial charge in [-0.2, -0.15) is 0 Å². The van der Waals surface area contributed by atoms with Crippen LogP contribution in [-0.2, 0) is 11.3 Å². The Labute approximate surface area is 202 Å². The Balaban J connectivity index is 1.71. The molecule has 3 aromatic carbocycles. The van der Waals surface area contributed by atoms with Gasteiger partial charge in [0.05, 0.1) is 17.9 Å². The van der Waals surface area contributed by atoms with Crippen LogP contribution in [0.4, 0.5) is 5.13 Å². The first-order valence-corrected chi connectivity index (χ1v) is 11.9. The number of halogens is 1. The van der Waals surface area contributed by atoms with E-state index in [4.69, 9.17) is 26.1 Å². The molecule has 0 saturated carbocycles. The van der Waals surface area contributed by atoms with Crippen LogP contribution >= 0.6 is 22.9 Å². The maximum absolute atomic E-state index is 13.8. The maximum Gasteiger partial charge on any atom is 0.272 e. The summed E-state index contributed by atoms with van der Waals surface area (Å²) in [7, 11) is 0. The molecule has 1 aromatic heterocycles. The van der Waals surface area contributed by atoms with Gasteiger partial charge in [0.15, 0.2) is 10.7 Å². The van der Waals surface area contributed by atoms with E-state index in [-0.39, 0.29) is 5.91 Å². The standard InChI is InChI=1S/C26H25ClN2O3S/c1-4-31-21-11-8-12-22-23(21)28-25(33-22)29(17-18-9-6-5-7-10-18)24(30)26(2,3)32-20-15-13-19(27)14-16-20/h5-16H,4,17H2,1-3H3. The van der Waals surface area contributed by atoms with Crippen molar-refractivity contribution in [2.24, 2.45) is 0 Å². The van der Waals surface area contributed by atoms with Gasteiger partial charge in [-0.1, -0.05) is 59.3 Å². The number of rotatable bonds is 8. The second kappa shape index (κ2) is 9.81. The Morgan fingerprint density at radius 1 is 1.03 bits per heavy atom. The molecule has 0 fully saturated rings. The van der Waals surface area contributed by atoms with Crippen LogP contribution in [0.2, 0.25) is 5.02 Å². The van der Waals surface area contributed by atoms with Gasteiger partial charge >= 0.3 is 0 Å². The first kappa shape index (κ1) is 23.1. The zero-order chi connectivity index (χ0) is 23.4. The molecule has 4 rings (SSSR count). The van der Waals surface area contributed by atoms with E-state index in [0.717, 1.165) is 15.8 Å². The van der Waals surface area contributed by atoms with E-state index in [0.29, 0.717) is 34.8 Å². The van der Waals surface area contributed by atoms with Crippen LogP contribution in [0.25, 0.3) is 10.2 Å². The molecular weight excluding hydrogens is 456 g/mol. The SMILES string of the molecule is CCOc1cccc2sc(N(Cc3ccccc3)C(=O)C(C)(C)Oc3ccc(Cl)cc3)nc12. The zero-order valence-corrected chi connectivity index (χ0v) is 20.3. The number of hydrogen-bond acceptors (Lipinski definition) is 5. The number of hydrogen-bond donors (Lipinski definition) is 0. The quantitative estimate of drug-likeness (QED) is 0.280. The average Bonchev–Trinajstić information content (AvgIpc) is 3.24. The molecule has 0 aliphatic carbocycles. The van der Waals surface area contributed by atoms with Crippen LogP contribution in [0.5, 0.6) is 11.5 Å². The number of amides is 1. The highest BCUT2D eigenvalue weighted by Gasteiger charge is 2.36. The second-order valence-corrected chi connectivity index (χ2v) is 9.42. The molecule has 0 aliphatic heterocycles. The fourth-order valence-electron chi connectivity index (χ4n) is 3.46. The summed E-state index contributed by atoms with van der Waals surface area (Å²) in [6.45, 7) is 6.38. The van der Waals surface area contributed by atoms with Crippen molar-refractivity contribution in [1.29, 1.82) is 0 Å². The lowest BCUT2D eigenvalue weighted by molar-refractivity contribution is -0.131. The summed E-state index contributed by atoms with van der Waals surface area (Å²) in [4.78, 5) is 20.3. The lowest BCUT2D eigenvalue weighted by atomic mass is 10.1. The van der Waals surface area contributed by atoms with Crippen molar-refractivity contribution in [2.75, 3.05) is 11.5 Å². The minimum Gasteiger partial charge on any atom is -0.492 e. The molecule has 4 aromatic rings. The molecule has 0 radical (unpaired) electrons. The van der Waals surface area contributed by atoms with Crippen molar-refractivity contribution in [3.63, 3.8) is 0 Å². The van der Waals surface area contributed by atoms with Crippen LogP contribution in [0.1, 0.15) is 26.3 Å². The van der Waals surface area contributed by atoms with Crippen LogP contribution in [0.3, 0.4) is 0 Å². The van der Waals surface area contributed by atoms with Crippen molar-refractivity contribution in [1.82, 2.24) is 4.98 Å². The summed E-state index contributed by atoms with van der Waals surface area (Å²) in [5, 5.41) is 1.20. The first-order chi connectivity index (χ1) is 15.9. The highest BCUT2D eigenvalue weighted by molar-refractivity contribution is 7.22. The fraction of sp³-hybridized carbons (Fsp3) is 0.231. The second-order valence-electron chi connectivity index (χ2n) is 7.98. The molecule has 1 amide bonds. The Morgan fingerprint density at radius 3 is 2.45 bits per heavy atom. The maximum atomic E-state index is 13.8. The van der Waals surface area contributed by atoms with Gasteiger partial charge in [-0.15, -0.1) is 0 Å². The van der Waals surface area contributed by atoms with Gasteiger partial charge in [-0.3, -0.25) is 9.69 Å². The Morgan fingerprint density at radius 2 is 1.76 bits per heavy atom. The third-order valence-electron chi connectivity index (χ3n) is 5.03. The molecule has 0 unspecified atom stereocenters. The van der Waals surface area contributed by atoms with E-state index in [1.165, 1.54) is 11.3 Å². The number of ether oxygens (including phenoxy) is 2. The fourth-order valence-corrected chi connectivity index (χ4v) is 4.56. The van der Waals surface area contributed by atoms with Crippen molar-refractivity contribution >= 4 is 44.2 Å². The molecule has 7 heteroatoms. The van der Waals surface area contributed by atoms with E-state index >= 15 is 0 Å². The van der Waals surface area contributed by atoms with E-state index in [9.17, 15) is 4.79 Å². The molecular formula is C26H25ClN2O3S. The molecule has 33 heavy (non-hydrogen) atoms. The van der Waals surface area contributed by atoms with Crippen molar-refractivity contribution in [3.05, 3.63) is 83.4 Å². The van der Waals surface area contributed by atoms with Gasteiger partial charge in [0, 0.05) is 5.02 Å². The third kappa shape index (κ3) is 5.29. The lowest BCUT2D eigenvalue weighted by Crippen LogP contribution is -2.48. The van der Waals surface area contributed by atoms with Crippen molar-refractivity contribution in [3.8, 4) is 11.5 Å². The third-order valence-corrected chi connectivity index (χ3v) is 6.33. The van der Waals surface area contributed by atoms with Gasteiger partial charge in [-0.05, 0) is 62.7 Å². The first-order valence-electron chi connectivity index (χ1n) is 10.7. The van der Waals surface area contributed by atoms with Gasteiger partial charge in [0.1, 0.15) is 17.0 Å². The minimum atomic E-state index is -1.14. The van der Waals surface area contributed by atoms with E-state index in [1.54, 1.807) is 43.0 Å².